The Morgan fingerprint density at radius 2 is 0.935 bits per heavy atom. The number of allylic oxidation sites excluding steroid dienone is 2. The summed E-state index contributed by atoms with van der Waals surface area (Å²) in [6, 6.07) is 0. The molecule has 0 aromatic rings. The van der Waals surface area contributed by atoms with Gasteiger partial charge in [0.1, 0.15) is 12.2 Å². The molecule has 8 nitrogen and oxygen atoms in total. The molecule has 6 aliphatic rings. The maximum absolute atomic E-state index is 13.6. The van der Waals surface area contributed by atoms with E-state index in [-0.39, 0.29) is 34.9 Å². The van der Waals surface area contributed by atoms with Gasteiger partial charge in [0.05, 0.1) is 11.8 Å². The van der Waals surface area contributed by atoms with E-state index in [1.165, 1.54) is 0 Å². The molecule has 0 aliphatic heterocycles. The summed E-state index contributed by atoms with van der Waals surface area (Å²) < 4.78 is 22.6. The second-order valence-electron chi connectivity index (χ2n) is 17.6. The number of fused-ring (bicyclic) bond motifs is 9. The summed E-state index contributed by atoms with van der Waals surface area (Å²) in [6.07, 6.45) is 13.4. The summed E-state index contributed by atoms with van der Waals surface area (Å²) in [4.78, 5) is 52.7. The van der Waals surface area contributed by atoms with Crippen molar-refractivity contribution in [1.29, 1.82) is 0 Å². The van der Waals surface area contributed by atoms with Crippen LogP contribution in [0.4, 0.5) is 0 Å². The second kappa shape index (κ2) is 12.9. The van der Waals surface area contributed by atoms with Crippen molar-refractivity contribution >= 4 is 23.9 Å². The van der Waals surface area contributed by atoms with Gasteiger partial charge in [-0.3, -0.25) is 9.59 Å². The minimum atomic E-state index is -0.676. The second-order valence-corrected chi connectivity index (χ2v) is 17.6. The van der Waals surface area contributed by atoms with Gasteiger partial charge in [-0.1, -0.05) is 53.7 Å². The summed E-state index contributed by atoms with van der Waals surface area (Å²) in [5, 5.41) is 0. The van der Waals surface area contributed by atoms with Crippen LogP contribution in [-0.4, -0.2) is 49.3 Å². The van der Waals surface area contributed by atoms with Gasteiger partial charge in [0, 0.05) is 0 Å². The number of carbonyl (C=O) groups is 4. The van der Waals surface area contributed by atoms with Crippen LogP contribution in [0.15, 0.2) is 12.2 Å². The van der Waals surface area contributed by atoms with Gasteiger partial charge in [-0.05, 0) is 122 Å². The van der Waals surface area contributed by atoms with Crippen molar-refractivity contribution in [2.75, 3.05) is 13.2 Å². The van der Waals surface area contributed by atoms with Crippen molar-refractivity contribution in [1.82, 2.24) is 0 Å². The van der Waals surface area contributed by atoms with E-state index in [1.807, 2.05) is 0 Å². The topological polar surface area (TPSA) is 105 Å². The average Bonchev–Trinajstić information content (AvgIpc) is 3.78. The van der Waals surface area contributed by atoms with Crippen molar-refractivity contribution in [2.45, 2.75) is 118 Å². The lowest BCUT2D eigenvalue weighted by Gasteiger charge is -2.39. The summed E-state index contributed by atoms with van der Waals surface area (Å²) in [5.74, 6) is -0.689. The zero-order chi connectivity index (χ0) is 33.0. The Kier molecular flexibility index (Phi) is 9.41. The smallest absolute Gasteiger partial charge is 0.344 e. The third-order valence-electron chi connectivity index (χ3n) is 13.0. The first-order valence-corrected chi connectivity index (χ1v) is 18.1. The minimum absolute atomic E-state index is 0.00801. The molecule has 5 saturated carbocycles. The predicted molar refractivity (Wildman–Crippen MR) is 171 cm³/mol. The molecule has 8 heteroatoms. The fourth-order valence-corrected chi connectivity index (χ4v) is 10.7. The summed E-state index contributed by atoms with van der Waals surface area (Å²) in [5.41, 5.74) is 0.477. The van der Waals surface area contributed by atoms with Crippen molar-refractivity contribution in [3.05, 3.63) is 12.2 Å². The standard InChI is InChI=1S/C38H56O8/c1-37(2,3)23-9-13-25(14-10-23)45-29(39)19-43-35(41)33-27-18-28(32-22-8-7-21(17-22)31(27)32)34(33)36(42)44-20-30(40)46-26-15-11-24(12-16-26)38(4,5)6/h7-8,21-28,31-34H,9-20H2,1-6H3. The molecule has 0 heterocycles. The fourth-order valence-electron chi connectivity index (χ4n) is 10.7. The van der Waals surface area contributed by atoms with Crippen LogP contribution in [0.2, 0.25) is 0 Å². The van der Waals surface area contributed by atoms with E-state index in [4.69, 9.17) is 18.9 Å². The van der Waals surface area contributed by atoms with Crippen molar-refractivity contribution in [2.24, 2.45) is 70.0 Å². The van der Waals surface area contributed by atoms with Gasteiger partial charge in [0.25, 0.3) is 0 Å². The van der Waals surface area contributed by atoms with Crippen molar-refractivity contribution < 1.29 is 38.1 Å². The third-order valence-corrected chi connectivity index (χ3v) is 13.0. The zero-order valence-electron chi connectivity index (χ0n) is 28.8. The number of esters is 4. The molecular weight excluding hydrogens is 584 g/mol. The Hall–Kier alpha value is -2.38. The third kappa shape index (κ3) is 6.78. The highest BCUT2D eigenvalue weighted by Crippen LogP contribution is 2.69. The molecular formula is C38H56O8. The molecule has 0 aromatic heterocycles. The predicted octanol–water partition coefficient (Wildman–Crippen LogP) is 6.69. The Balaban J connectivity index is 1.03. The van der Waals surface area contributed by atoms with Crippen LogP contribution in [0.25, 0.3) is 0 Å². The summed E-state index contributed by atoms with van der Waals surface area (Å²) in [7, 11) is 0. The summed E-state index contributed by atoms with van der Waals surface area (Å²) >= 11 is 0. The number of hydrogen-bond acceptors (Lipinski definition) is 8. The van der Waals surface area contributed by atoms with E-state index < -0.39 is 48.9 Å². The molecule has 0 saturated heterocycles. The zero-order valence-corrected chi connectivity index (χ0v) is 28.8. The number of rotatable bonds is 8. The lowest BCUT2D eigenvalue weighted by molar-refractivity contribution is -0.175. The maximum atomic E-state index is 13.6. The van der Waals surface area contributed by atoms with E-state index in [0.717, 1.165) is 64.2 Å². The molecule has 256 valence electrons. The summed E-state index contributed by atoms with van der Waals surface area (Å²) in [6.45, 7) is 12.6. The fraction of sp³-hybridized carbons (Fsp3) is 0.842. The van der Waals surface area contributed by atoms with E-state index in [1.54, 1.807) is 0 Å². The molecule has 0 aromatic carbocycles. The molecule has 6 aliphatic carbocycles. The van der Waals surface area contributed by atoms with Crippen molar-refractivity contribution in [3.63, 3.8) is 0 Å². The van der Waals surface area contributed by atoms with E-state index in [9.17, 15) is 19.2 Å². The first-order chi connectivity index (χ1) is 21.7. The van der Waals surface area contributed by atoms with Gasteiger partial charge in [0.2, 0.25) is 0 Å². The van der Waals surface area contributed by atoms with E-state index in [2.05, 4.69) is 53.7 Å². The largest absolute Gasteiger partial charge is 0.460 e. The highest BCUT2D eigenvalue weighted by atomic mass is 16.6. The van der Waals surface area contributed by atoms with Crippen LogP contribution >= 0.6 is 0 Å². The molecule has 6 rings (SSSR count). The molecule has 8 unspecified atom stereocenters. The quantitative estimate of drug-likeness (QED) is 0.125. The molecule has 0 N–H and O–H groups in total. The van der Waals surface area contributed by atoms with Gasteiger partial charge in [0.15, 0.2) is 13.2 Å². The first-order valence-electron chi connectivity index (χ1n) is 18.1. The molecule has 5 fully saturated rings. The van der Waals surface area contributed by atoms with Crippen LogP contribution < -0.4 is 0 Å². The molecule has 0 spiro atoms. The monoisotopic (exact) mass is 640 g/mol. The highest BCUT2D eigenvalue weighted by Gasteiger charge is 2.68. The Morgan fingerprint density at radius 1 is 0.565 bits per heavy atom. The average molecular weight is 641 g/mol. The minimum Gasteiger partial charge on any atom is -0.460 e. The van der Waals surface area contributed by atoms with Crippen LogP contribution in [0.1, 0.15) is 106 Å². The van der Waals surface area contributed by atoms with E-state index in [0.29, 0.717) is 35.5 Å². The molecule has 0 radical (unpaired) electrons. The Bertz CT molecular complexity index is 1100. The van der Waals surface area contributed by atoms with Gasteiger partial charge in [-0.25, -0.2) is 9.59 Å². The van der Waals surface area contributed by atoms with E-state index >= 15 is 0 Å². The normalized spacial score (nSPS) is 39.5. The number of ether oxygens (including phenoxy) is 4. The lowest BCUT2D eigenvalue weighted by Crippen LogP contribution is -2.45. The van der Waals surface area contributed by atoms with Gasteiger partial charge >= 0.3 is 23.9 Å². The molecule has 4 bridgehead atoms. The maximum Gasteiger partial charge on any atom is 0.344 e. The first kappa shape index (κ1) is 33.5. The number of carbonyl (C=O) groups excluding carboxylic acids is 4. The van der Waals surface area contributed by atoms with Crippen LogP contribution in [0.5, 0.6) is 0 Å². The lowest BCUT2D eigenvalue weighted by atomic mass is 9.65. The number of hydrogen-bond donors (Lipinski definition) is 0. The van der Waals surface area contributed by atoms with Crippen molar-refractivity contribution in [3.8, 4) is 0 Å². The Morgan fingerprint density at radius 3 is 1.28 bits per heavy atom. The molecule has 46 heavy (non-hydrogen) atoms. The highest BCUT2D eigenvalue weighted by molar-refractivity contribution is 5.86. The SMILES string of the molecule is CC(C)(C)C1CCC(OC(=O)COC(=O)C2C3CC(C2C(=O)OCC(=O)OC2CCC(C(C)(C)C)CC2)C2C4C=CC(C4)C32)CC1. The van der Waals surface area contributed by atoms with Gasteiger partial charge in [-0.2, -0.15) is 0 Å². The van der Waals surface area contributed by atoms with Crippen LogP contribution in [0.3, 0.4) is 0 Å². The van der Waals surface area contributed by atoms with Crippen LogP contribution in [-0.2, 0) is 38.1 Å². The molecule has 8 atom stereocenters. The van der Waals surface area contributed by atoms with Crippen LogP contribution in [0, 0.1) is 70.0 Å². The van der Waals surface area contributed by atoms with Gasteiger partial charge in [-0.15, -0.1) is 0 Å². The van der Waals surface area contributed by atoms with Gasteiger partial charge < -0.3 is 18.9 Å². The molecule has 0 amide bonds. The Labute approximate surface area is 275 Å².